The van der Waals surface area contributed by atoms with Crippen molar-refractivity contribution in [2.24, 2.45) is 0 Å². The molecule has 0 N–H and O–H groups in total. The molecule has 5 nitrogen and oxygen atoms in total. The average molecular weight is 783 g/mol. The molecule has 13 aromatic rings. The highest BCUT2D eigenvalue weighted by Crippen LogP contribution is 2.50. The molecule has 0 saturated carbocycles. The molecule has 10 aromatic carbocycles. The Morgan fingerprint density at radius 1 is 0.230 bits per heavy atom. The van der Waals surface area contributed by atoms with E-state index in [1.54, 1.807) is 0 Å². The summed E-state index contributed by atoms with van der Waals surface area (Å²) in [5.74, 6) is 0. The lowest BCUT2D eigenvalue weighted by molar-refractivity contribution is 0.668. The lowest BCUT2D eigenvalue weighted by Gasteiger charge is -2.27. The third-order valence-electron chi connectivity index (χ3n) is 12.2. The van der Waals surface area contributed by atoms with Crippen molar-refractivity contribution in [1.29, 1.82) is 0 Å². The van der Waals surface area contributed by atoms with Gasteiger partial charge in [0.05, 0.1) is 11.4 Å². The summed E-state index contributed by atoms with van der Waals surface area (Å²) in [5.41, 5.74) is 11.3. The van der Waals surface area contributed by atoms with Gasteiger partial charge in [0.1, 0.15) is 33.5 Å². The van der Waals surface area contributed by atoms with Gasteiger partial charge in [0.15, 0.2) is 0 Å². The first kappa shape index (κ1) is 33.7. The normalized spacial score (nSPS) is 11.9. The van der Waals surface area contributed by atoms with Gasteiger partial charge in [-0.1, -0.05) is 121 Å². The van der Waals surface area contributed by atoms with Gasteiger partial charge in [-0.2, -0.15) is 0 Å². The molecule has 3 aromatic heterocycles. The number of nitrogens with zero attached hydrogens (tertiary/aromatic N) is 2. The third kappa shape index (κ3) is 5.14. The Kier molecular flexibility index (Phi) is 7.24. The fraction of sp³-hybridized carbons (Fsp3) is 0. The summed E-state index contributed by atoms with van der Waals surface area (Å²) < 4.78 is 19.7. The monoisotopic (exact) mass is 782 g/mol. The van der Waals surface area contributed by atoms with Crippen LogP contribution in [0.15, 0.2) is 220 Å². The predicted octanol–water partition coefficient (Wildman–Crippen LogP) is 16.6. The fourth-order valence-corrected chi connectivity index (χ4v) is 9.54. The van der Waals surface area contributed by atoms with Crippen molar-refractivity contribution in [3.05, 3.63) is 206 Å². The van der Waals surface area contributed by atoms with Gasteiger partial charge in [-0.25, -0.2) is 0 Å². The van der Waals surface area contributed by atoms with E-state index >= 15 is 0 Å². The fourth-order valence-electron chi connectivity index (χ4n) is 9.54. The Bertz CT molecular complexity index is 3590. The lowest BCUT2D eigenvalue weighted by Crippen LogP contribution is -2.10. The molecule has 0 fully saturated rings. The van der Waals surface area contributed by atoms with Crippen molar-refractivity contribution in [2.45, 2.75) is 0 Å². The molecule has 5 heteroatoms. The summed E-state index contributed by atoms with van der Waals surface area (Å²) in [6, 6.07) is 72.5. The lowest BCUT2D eigenvalue weighted by atomic mass is 9.96. The highest BCUT2D eigenvalue weighted by atomic mass is 16.3. The summed E-state index contributed by atoms with van der Waals surface area (Å²) in [4.78, 5) is 4.68. The molecule has 13 rings (SSSR count). The van der Waals surface area contributed by atoms with Crippen molar-refractivity contribution in [3.63, 3.8) is 0 Å². The summed E-state index contributed by atoms with van der Waals surface area (Å²) in [5, 5.41) is 11.0. The maximum atomic E-state index is 7.14. The molecular formula is C56H34N2O3. The zero-order valence-electron chi connectivity index (χ0n) is 32.7. The van der Waals surface area contributed by atoms with Crippen molar-refractivity contribution in [3.8, 4) is 0 Å². The topological polar surface area (TPSA) is 45.9 Å². The number of rotatable bonds is 6. The number of fused-ring (bicyclic) bond motifs is 13. The second kappa shape index (κ2) is 13.1. The van der Waals surface area contributed by atoms with E-state index < -0.39 is 0 Å². The first-order chi connectivity index (χ1) is 30.2. The van der Waals surface area contributed by atoms with Gasteiger partial charge in [-0.05, 0) is 83.6 Å². The number of para-hydroxylation sites is 4. The SMILES string of the molecule is c1ccc(N(c2ccc3oc4ccccc4c3c2)c2cc3oc4cc(N(c5ccccc5)c5ccc6oc7ccccc7c6c5)c5ccccc5c4c3c3ccccc23)cc1. The Balaban J connectivity index is 1.08. The van der Waals surface area contributed by atoms with E-state index in [2.05, 4.69) is 192 Å². The van der Waals surface area contributed by atoms with Crippen LogP contribution in [0.4, 0.5) is 34.1 Å². The largest absolute Gasteiger partial charge is 0.456 e. The first-order valence-electron chi connectivity index (χ1n) is 20.6. The first-order valence-corrected chi connectivity index (χ1v) is 20.6. The van der Waals surface area contributed by atoms with Crippen LogP contribution in [-0.4, -0.2) is 0 Å². The number of furan rings is 3. The van der Waals surface area contributed by atoms with Crippen molar-refractivity contribution >= 4 is 121 Å². The van der Waals surface area contributed by atoms with Crippen LogP contribution in [0.3, 0.4) is 0 Å². The van der Waals surface area contributed by atoms with E-state index in [4.69, 9.17) is 13.3 Å². The molecule has 0 unspecified atom stereocenters. The van der Waals surface area contributed by atoms with E-state index in [1.165, 1.54) is 0 Å². The maximum absolute atomic E-state index is 7.14. The van der Waals surface area contributed by atoms with Gasteiger partial charge in [0.2, 0.25) is 0 Å². The Hall–Kier alpha value is -8.28. The quantitative estimate of drug-likeness (QED) is 0.168. The van der Waals surface area contributed by atoms with Crippen LogP contribution >= 0.6 is 0 Å². The van der Waals surface area contributed by atoms with Crippen LogP contribution in [0.1, 0.15) is 0 Å². The Morgan fingerprint density at radius 2 is 0.574 bits per heavy atom. The zero-order valence-corrected chi connectivity index (χ0v) is 32.7. The molecule has 0 radical (unpaired) electrons. The minimum absolute atomic E-state index is 0.819. The molecular weight excluding hydrogens is 749 g/mol. The van der Waals surface area contributed by atoms with Crippen LogP contribution in [0.2, 0.25) is 0 Å². The third-order valence-corrected chi connectivity index (χ3v) is 12.2. The second-order valence-corrected chi connectivity index (χ2v) is 15.6. The summed E-state index contributed by atoms with van der Waals surface area (Å²) in [6.45, 7) is 0. The summed E-state index contributed by atoms with van der Waals surface area (Å²) in [6.07, 6.45) is 0. The summed E-state index contributed by atoms with van der Waals surface area (Å²) in [7, 11) is 0. The highest BCUT2D eigenvalue weighted by Gasteiger charge is 2.25. The minimum Gasteiger partial charge on any atom is -0.456 e. The molecule has 0 spiro atoms. The van der Waals surface area contributed by atoms with Gasteiger partial charge in [0.25, 0.3) is 0 Å². The van der Waals surface area contributed by atoms with Gasteiger partial charge >= 0.3 is 0 Å². The van der Waals surface area contributed by atoms with E-state index in [1.807, 2.05) is 24.3 Å². The average Bonchev–Trinajstić information content (AvgIpc) is 4.01. The van der Waals surface area contributed by atoms with Crippen LogP contribution < -0.4 is 9.80 Å². The number of anilines is 6. The van der Waals surface area contributed by atoms with Gasteiger partial charge in [0, 0.05) is 78.0 Å². The van der Waals surface area contributed by atoms with Crippen LogP contribution in [-0.2, 0) is 0 Å². The minimum atomic E-state index is 0.819. The second-order valence-electron chi connectivity index (χ2n) is 15.6. The molecule has 0 saturated heterocycles. The van der Waals surface area contributed by atoms with E-state index in [0.717, 1.165) is 121 Å². The zero-order chi connectivity index (χ0) is 40.0. The van der Waals surface area contributed by atoms with Crippen LogP contribution in [0.5, 0.6) is 0 Å². The molecule has 0 bridgehead atoms. The maximum Gasteiger partial charge on any atom is 0.138 e. The molecule has 61 heavy (non-hydrogen) atoms. The molecule has 3 heterocycles. The van der Waals surface area contributed by atoms with Gasteiger partial charge in [-0.15, -0.1) is 0 Å². The molecule has 0 aliphatic rings. The number of hydrogen-bond donors (Lipinski definition) is 0. The van der Waals surface area contributed by atoms with E-state index in [0.29, 0.717) is 0 Å². The molecule has 0 aliphatic carbocycles. The predicted molar refractivity (Wildman–Crippen MR) is 253 cm³/mol. The van der Waals surface area contributed by atoms with Crippen LogP contribution in [0, 0.1) is 0 Å². The molecule has 0 aliphatic heterocycles. The smallest absolute Gasteiger partial charge is 0.138 e. The molecule has 0 atom stereocenters. The Morgan fingerprint density at radius 3 is 1.02 bits per heavy atom. The van der Waals surface area contributed by atoms with Crippen molar-refractivity contribution in [2.75, 3.05) is 9.80 Å². The van der Waals surface area contributed by atoms with E-state index in [-0.39, 0.29) is 0 Å². The number of hydrogen-bond acceptors (Lipinski definition) is 5. The standard InChI is InChI=1S/C56H34N2O3/c1-3-15-35(16-4-1)57(37-27-29-51-45(31-37)41-21-11-13-25-49(41)59-51)47-33-53-55(43-23-9-7-19-39(43)47)56-44-24-10-8-20-40(44)48(34-54(56)61-53)58(36-17-5-2-6-18-36)38-28-30-52-46(32-38)42-22-12-14-26-50(42)60-52/h1-34H. The molecule has 0 amide bonds. The van der Waals surface area contributed by atoms with E-state index in [9.17, 15) is 0 Å². The highest BCUT2D eigenvalue weighted by molar-refractivity contribution is 6.30. The van der Waals surface area contributed by atoms with Gasteiger partial charge < -0.3 is 23.1 Å². The van der Waals surface area contributed by atoms with Crippen molar-refractivity contribution in [1.82, 2.24) is 0 Å². The van der Waals surface area contributed by atoms with Crippen molar-refractivity contribution < 1.29 is 13.3 Å². The Labute approximate surface area is 349 Å². The summed E-state index contributed by atoms with van der Waals surface area (Å²) >= 11 is 0. The molecule has 286 valence electrons. The number of benzene rings is 10. The van der Waals surface area contributed by atoms with Gasteiger partial charge in [-0.3, -0.25) is 0 Å². The van der Waals surface area contributed by atoms with Crippen LogP contribution in [0.25, 0.3) is 87.4 Å².